The molecule has 0 spiro atoms. The predicted octanol–water partition coefficient (Wildman–Crippen LogP) is 4.32. The van der Waals surface area contributed by atoms with Crippen LogP contribution in [0.4, 0.5) is 18.9 Å². The number of alkyl halides is 3. The molecule has 0 saturated carbocycles. The molecule has 0 bridgehead atoms. The van der Waals surface area contributed by atoms with Gasteiger partial charge in [0.1, 0.15) is 0 Å². The van der Waals surface area contributed by atoms with Gasteiger partial charge < -0.3 is 14.7 Å². The molecule has 1 atom stereocenters. The van der Waals surface area contributed by atoms with Crippen molar-refractivity contribution in [2.24, 2.45) is 0 Å². The number of amides is 1. The van der Waals surface area contributed by atoms with E-state index < -0.39 is 23.3 Å². The number of nitrogens with zero attached hydrogens (tertiary/aromatic N) is 1. The quantitative estimate of drug-likeness (QED) is 0.694. The van der Waals surface area contributed by atoms with Crippen molar-refractivity contribution in [3.63, 3.8) is 0 Å². The first-order chi connectivity index (χ1) is 13.6. The van der Waals surface area contributed by atoms with E-state index in [1.807, 2.05) is 0 Å². The monoisotopic (exact) mass is 429 g/mol. The summed E-state index contributed by atoms with van der Waals surface area (Å²) in [5, 5.41) is 10.6. The highest BCUT2D eigenvalue weighted by atomic mass is 35.5. The molecule has 2 rings (SSSR count). The van der Waals surface area contributed by atoms with E-state index in [-0.39, 0.29) is 19.1 Å². The van der Waals surface area contributed by atoms with E-state index in [4.69, 9.17) is 11.6 Å². The molecule has 0 aliphatic rings. The SMILES string of the molecule is CCOC(=O)[C@](O)(c1ccc(N(CC)C(=O)c2ccc(Cl)cc2)cc1)C(F)(F)F. The standard InChI is InChI=1S/C20H19ClF3NO4/c1-3-25(17(26)13-5-9-15(21)10-6-13)16-11-7-14(8-12-16)19(28,20(22,23)24)18(27)29-4-2/h5-12,28H,3-4H2,1-2H3/t19-/m1/s1. The zero-order valence-corrected chi connectivity index (χ0v) is 16.4. The summed E-state index contributed by atoms with van der Waals surface area (Å²) >= 11 is 5.81. The summed E-state index contributed by atoms with van der Waals surface area (Å²) in [6.45, 7) is 2.95. The molecule has 29 heavy (non-hydrogen) atoms. The number of carbonyl (C=O) groups is 2. The molecule has 1 N–H and O–H groups in total. The van der Waals surface area contributed by atoms with Crippen LogP contribution in [0.5, 0.6) is 0 Å². The maximum Gasteiger partial charge on any atom is 0.432 e. The number of carbonyl (C=O) groups excluding carboxylic acids is 2. The molecule has 0 unspecified atom stereocenters. The van der Waals surface area contributed by atoms with E-state index in [0.717, 1.165) is 12.1 Å². The Morgan fingerprint density at radius 1 is 1.03 bits per heavy atom. The third-order valence-corrected chi connectivity index (χ3v) is 4.48. The maximum atomic E-state index is 13.4. The lowest BCUT2D eigenvalue weighted by molar-refractivity contribution is -0.267. The minimum absolute atomic E-state index is 0.238. The molecule has 1 amide bonds. The zero-order chi connectivity index (χ0) is 21.8. The van der Waals surface area contributed by atoms with E-state index in [0.29, 0.717) is 16.3 Å². The highest BCUT2D eigenvalue weighted by Crippen LogP contribution is 2.40. The number of ether oxygens (including phenoxy) is 1. The summed E-state index contributed by atoms with van der Waals surface area (Å²) in [6.07, 6.45) is -5.29. The van der Waals surface area contributed by atoms with Crippen LogP contribution in [-0.2, 0) is 15.1 Å². The van der Waals surface area contributed by atoms with Crippen molar-refractivity contribution in [2.75, 3.05) is 18.1 Å². The zero-order valence-electron chi connectivity index (χ0n) is 15.7. The van der Waals surface area contributed by atoms with Crippen LogP contribution in [0.2, 0.25) is 5.02 Å². The van der Waals surface area contributed by atoms with Gasteiger partial charge in [-0.25, -0.2) is 4.79 Å². The number of benzene rings is 2. The summed E-state index contributed by atoms with van der Waals surface area (Å²) in [7, 11) is 0. The largest absolute Gasteiger partial charge is 0.463 e. The maximum absolute atomic E-state index is 13.4. The van der Waals surface area contributed by atoms with Crippen LogP contribution in [0, 0.1) is 0 Å². The Bertz CT molecular complexity index is 869. The molecule has 5 nitrogen and oxygen atoms in total. The average Bonchev–Trinajstić information content (AvgIpc) is 2.68. The number of halogens is 4. The van der Waals surface area contributed by atoms with Crippen LogP contribution in [0.25, 0.3) is 0 Å². The molecule has 0 heterocycles. The number of anilines is 1. The van der Waals surface area contributed by atoms with Gasteiger partial charge >= 0.3 is 12.1 Å². The Morgan fingerprint density at radius 2 is 1.59 bits per heavy atom. The molecule has 0 fully saturated rings. The van der Waals surface area contributed by atoms with Crippen molar-refractivity contribution in [3.05, 3.63) is 64.7 Å². The van der Waals surface area contributed by atoms with Gasteiger partial charge in [-0.1, -0.05) is 23.7 Å². The normalized spacial score (nSPS) is 13.5. The number of rotatable bonds is 6. The van der Waals surface area contributed by atoms with Crippen molar-refractivity contribution < 1.29 is 32.6 Å². The number of hydrogen-bond donors (Lipinski definition) is 1. The number of aliphatic hydroxyl groups is 1. The minimum atomic E-state index is -5.29. The van der Waals surface area contributed by atoms with Crippen LogP contribution in [0.1, 0.15) is 29.8 Å². The minimum Gasteiger partial charge on any atom is -0.463 e. The van der Waals surface area contributed by atoms with Crippen LogP contribution < -0.4 is 4.90 Å². The molecular formula is C20H19ClF3NO4. The molecule has 0 saturated heterocycles. The second kappa shape index (κ2) is 8.84. The smallest absolute Gasteiger partial charge is 0.432 e. The average molecular weight is 430 g/mol. The first kappa shape index (κ1) is 22.7. The van der Waals surface area contributed by atoms with Gasteiger partial charge in [0.05, 0.1) is 6.61 Å². The highest BCUT2D eigenvalue weighted by Gasteiger charge is 2.62. The fraction of sp³-hybridized carbons (Fsp3) is 0.300. The van der Waals surface area contributed by atoms with Crippen molar-refractivity contribution in [3.8, 4) is 0 Å². The van der Waals surface area contributed by atoms with Crippen molar-refractivity contribution >= 4 is 29.2 Å². The molecule has 0 aromatic heterocycles. The van der Waals surface area contributed by atoms with Gasteiger partial charge in [0.15, 0.2) is 0 Å². The summed E-state index contributed by atoms with van der Waals surface area (Å²) in [5.41, 5.74) is -3.87. The van der Waals surface area contributed by atoms with Crippen LogP contribution >= 0.6 is 11.6 Å². The first-order valence-corrected chi connectivity index (χ1v) is 9.08. The Balaban J connectivity index is 2.39. The van der Waals surface area contributed by atoms with E-state index in [2.05, 4.69) is 4.74 Å². The predicted molar refractivity (Wildman–Crippen MR) is 102 cm³/mol. The van der Waals surface area contributed by atoms with E-state index >= 15 is 0 Å². The van der Waals surface area contributed by atoms with Crippen LogP contribution in [0.15, 0.2) is 48.5 Å². The molecule has 156 valence electrons. The highest BCUT2D eigenvalue weighted by molar-refractivity contribution is 6.30. The second-order valence-corrected chi connectivity index (χ2v) is 6.47. The lowest BCUT2D eigenvalue weighted by atomic mass is 9.92. The van der Waals surface area contributed by atoms with Gasteiger partial charge in [-0.15, -0.1) is 0 Å². The Labute approximate surface area is 170 Å². The lowest BCUT2D eigenvalue weighted by Gasteiger charge is -2.29. The van der Waals surface area contributed by atoms with Crippen molar-refractivity contribution in [1.82, 2.24) is 0 Å². The van der Waals surface area contributed by atoms with E-state index in [1.54, 1.807) is 19.1 Å². The van der Waals surface area contributed by atoms with Crippen LogP contribution in [0.3, 0.4) is 0 Å². The molecule has 0 aliphatic carbocycles. The van der Waals surface area contributed by atoms with Gasteiger partial charge in [-0.2, -0.15) is 13.2 Å². The summed E-state index contributed by atoms with van der Waals surface area (Å²) < 4.78 is 44.7. The molecule has 0 aliphatic heterocycles. The van der Waals surface area contributed by atoms with E-state index in [1.165, 1.54) is 36.1 Å². The second-order valence-electron chi connectivity index (χ2n) is 6.03. The number of esters is 1. The molecule has 0 radical (unpaired) electrons. The van der Waals surface area contributed by atoms with Gasteiger partial charge in [0, 0.05) is 28.4 Å². The molecule has 9 heteroatoms. The summed E-state index contributed by atoms with van der Waals surface area (Å²) in [5.74, 6) is -2.20. The Morgan fingerprint density at radius 3 is 2.03 bits per heavy atom. The van der Waals surface area contributed by atoms with Gasteiger partial charge in [0.25, 0.3) is 11.5 Å². The van der Waals surface area contributed by atoms with Crippen molar-refractivity contribution in [2.45, 2.75) is 25.6 Å². The number of hydrogen-bond acceptors (Lipinski definition) is 4. The molecule has 2 aromatic rings. The fourth-order valence-corrected chi connectivity index (χ4v) is 2.83. The Kier molecular flexibility index (Phi) is 6.92. The van der Waals surface area contributed by atoms with Gasteiger partial charge in [-0.05, 0) is 50.2 Å². The van der Waals surface area contributed by atoms with Gasteiger partial charge in [-0.3, -0.25) is 4.79 Å². The van der Waals surface area contributed by atoms with Gasteiger partial charge in [0.2, 0.25) is 0 Å². The summed E-state index contributed by atoms with van der Waals surface area (Å²) in [4.78, 5) is 25.9. The molecule has 2 aromatic carbocycles. The van der Waals surface area contributed by atoms with Crippen molar-refractivity contribution in [1.29, 1.82) is 0 Å². The Hall–Kier alpha value is -2.58. The summed E-state index contributed by atoms with van der Waals surface area (Å²) in [6, 6.07) is 10.5. The van der Waals surface area contributed by atoms with Crippen LogP contribution in [-0.4, -0.2) is 36.3 Å². The first-order valence-electron chi connectivity index (χ1n) is 8.70. The fourth-order valence-electron chi connectivity index (χ4n) is 2.71. The third kappa shape index (κ3) is 4.54. The lowest BCUT2D eigenvalue weighted by Crippen LogP contribution is -2.50. The van der Waals surface area contributed by atoms with E-state index in [9.17, 15) is 27.9 Å². The topological polar surface area (TPSA) is 66.8 Å². The third-order valence-electron chi connectivity index (χ3n) is 4.23. The molecular weight excluding hydrogens is 411 g/mol.